The van der Waals surface area contributed by atoms with Crippen LogP contribution in [0, 0.1) is 6.92 Å². The molecule has 1 aliphatic rings. The van der Waals surface area contributed by atoms with Crippen LogP contribution in [-0.2, 0) is 17.6 Å². The Labute approximate surface area is 160 Å². The summed E-state index contributed by atoms with van der Waals surface area (Å²) in [4.78, 5) is 12.7. The van der Waals surface area contributed by atoms with Crippen LogP contribution in [0.25, 0.3) is 0 Å². The Bertz CT molecular complexity index is 803. The molecule has 0 radical (unpaired) electrons. The Kier molecular flexibility index (Phi) is 5.87. The lowest BCUT2D eigenvalue weighted by Crippen LogP contribution is -2.39. The SMILES string of the molecule is CC[C@@H](Oc1ccc(Cl)c(C)c1)C(=O)N[C@@H](C)c1ccc2c(c1)CCC2. The van der Waals surface area contributed by atoms with Crippen molar-refractivity contribution in [2.75, 3.05) is 0 Å². The van der Waals surface area contributed by atoms with Crippen molar-refractivity contribution in [3.63, 3.8) is 0 Å². The Morgan fingerprint density at radius 3 is 2.69 bits per heavy atom. The molecule has 2 atom stereocenters. The van der Waals surface area contributed by atoms with E-state index in [2.05, 4.69) is 23.5 Å². The first-order chi connectivity index (χ1) is 12.5. The number of hydrogen-bond donors (Lipinski definition) is 1. The van der Waals surface area contributed by atoms with Crippen LogP contribution in [0.2, 0.25) is 5.02 Å². The quantitative estimate of drug-likeness (QED) is 0.760. The van der Waals surface area contributed by atoms with Gasteiger partial charge in [0.1, 0.15) is 5.75 Å². The summed E-state index contributed by atoms with van der Waals surface area (Å²) < 4.78 is 5.90. The predicted molar refractivity (Wildman–Crippen MR) is 106 cm³/mol. The van der Waals surface area contributed by atoms with Gasteiger partial charge in [-0.25, -0.2) is 0 Å². The minimum atomic E-state index is -0.521. The molecule has 1 amide bonds. The van der Waals surface area contributed by atoms with Crippen molar-refractivity contribution < 1.29 is 9.53 Å². The number of ether oxygens (including phenoxy) is 1. The van der Waals surface area contributed by atoms with Crippen molar-refractivity contribution >= 4 is 17.5 Å². The van der Waals surface area contributed by atoms with Crippen molar-refractivity contribution in [3.8, 4) is 5.75 Å². The van der Waals surface area contributed by atoms with Gasteiger partial charge in [-0.1, -0.05) is 36.7 Å². The summed E-state index contributed by atoms with van der Waals surface area (Å²) >= 11 is 6.06. The number of carbonyl (C=O) groups is 1. The highest BCUT2D eigenvalue weighted by molar-refractivity contribution is 6.31. The molecule has 2 aromatic carbocycles. The molecule has 0 aromatic heterocycles. The molecule has 0 saturated heterocycles. The number of benzene rings is 2. The van der Waals surface area contributed by atoms with E-state index >= 15 is 0 Å². The van der Waals surface area contributed by atoms with E-state index in [4.69, 9.17) is 16.3 Å². The van der Waals surface area contributed by atoms with Gasteiger partial charge in [-0.15, -0.1) is 0 Å². The average Bonchev–Trinajstić information content (AvgIpc) is 3.10. The second kappa shape index (κ2) is 8.13. The Hall–Kier alpha value is -2.00. The van der Waals surface area contributed by atoms with Gasteiger partial charge in [0.2, 0.25) is 0 Å². The van der Waals surface area contributed by atoms with Gasteiger partial charge >= 0.3 is 0 Å². The van der Waals surface area contributed by atoms with E-state index in [1.165, 1.54) is 24.0 Å². The molecule has 4 heteroatoms. The zero-order chi connectivity index (χ0) is 18.7. The molecule has 0 unspecified atom stereocenters. The number of amides is 1. The molecule has 26 heavy (non-hydrogen) atoms. The highest BCUT2D eigenvalue weighted by atomic mass is 35.5. The molecule has 0 saturated carbocycles. The maximum atomic E-state index is 12.7. The van der Waals surface area contributed by atoms with Crippen LogP contribution in [0.3, 0.4) is 0 Å². The molecular weight excluding hydrogens is 346 g/mol. The van der Waals surface area contributed by atoms with Gasteiger partial charge in [0, 0.05) is 5.02 Å². The van der Waals surface area contributed by atoms with Gasteiger partial charge < -0.3 is 10.1 Å². The largest absolute Gasteiger partial charge is 0.481 e. The van der Waals surface area contributed by atoms with Gasteiger partial charge in [-0.3, -0.25) is 4.79 Å². The van der Waals surface area contributed by atoms with Gasteiger partial charge in [0.25, 0.3) is 5.91 Å². The number of aryl methyl sites for hydroxylation is 3. The lowest BCUT2D eigenvalue weighted by Gasteiger charge is -2.21. The third-order valence-electron chi connectivity index (χ3n) is 5.05. The molecule has 0 aliphatic heterocycles. The maximum Gasteiger partial charge on any atom is 0.261 e. The minimum absolute atomic E-state index is 0.0435. The van der Waals surface area contributed by atoms with Gasteiger partial charge in [-0.05, 0) is 80.0 Å². The fourth-order valence-corrected chi connectivity index (χ4v) is 3.55. The normalized spacial score (nSPS) is 15.2. The van der Waals surface area contributed by atoms with Crippen LogP contribution in [0.15, 0.2) is 36.4 Å². The monoisotopic (exact) mass is 371 g/mol. The Morgan fingerprint density at radius 2 is 1.96 bits per heavy atom. The minimum Gasteiger partial charge on any atom is -0.481 e. The Balaban J connectivity index is 1.65. The predicted octanol–water partition coefficient (Wildman–Crippen LogP) is 5.17. The zero-order valence-corrected chi connectivity index (χ0v) is 16.4. The molecule has 0 spiro atoms. The third-order valence-corrected chi connectivity index (χ3v) is 5.48. The number of hydrogen-bond acceptors (Lipinski definition) is 2. The lowest BCUT2D eigenvalue weighted by atomic mass is 10.0. The molecule has 0 heterocycles. The van der Waals surface area contributed by atoms with Crippen LogP contribution in [0.4, 0.5) is 0 Å². The first kappa shape index (κ1) is 18.8. The summed E-state index contributed by atoms with van der Waals surface area (Å²) in [6.07, 6.45) is 3.62. The van der Waals surface area contributed by atoms with Gasteiger partial charge in [-0.2, -0.15) is 0 Å². The van der Waals surface area contributed by atoms with E-state index < -0.39 is 6.10 Å². The molecule has 2 aromatic rings. The summed E-state index contributed by atoms with van der Waals surface area (Å²) in [5.74, 6) is 0.576. The van der Waals surface area contributed by atoms with E-state index in [9.17, 15) is 4.79 Å². The van der Waals surface area contributed by atoms with E-state index in [1.807, 2.05) is 26.8 Å². The fourth-order valence-electron chi connectivity index (χ4n) is 3.43. The van der Waals surface area contributed by atoms with Crippen molar-refractivity contribution in [3.05, 3.63) is 63.7 Å². The number of fused-ring (bicyclic) bond motifs is 1. The summed E-state index contributed by atoms with van der Waals surface area (Å²) in [6, 6.07) is 12.0. The van der Waals surface area contributed by atoms with Crippen molar-refractivity contribution in [1.82, 2.24) is 5.32 Å². The first-order valence-corrected chi connectivity index (χ1v) is 9.70. The van der Waals surface area contributed by atoms with Crippen LogP contribution in [0.5, 0.6) is 5.75 Å². The zero-order valence-electron chi connectivity index (χ0n) is 15.6. The highest BCUT2D eigenvalue weighted by Crippen LogP contribution is 2.26. The topological polar surface area (TPSA) is 38.3 Å². The lowest BCUT2D eigenvalue weighted by molar-refractivity contribution is -0.128. The number of carbonyl (C=O) groups excluding carboxylic acids is 1. The average molecular weight is 372 g/mol. The number of nitrogens with one attached hydrogen (secondary N) is 1. The molecule has 1 N–H and O–H groups in total. The molecular formula is C22H26ClNO2. The molecule has 0 bridgehead atoms. The summed E-state index contributed by atoms with van der Waals surface area (Å²) in [5.41, 5.74) is 4.95. The smallest absolute Gasteiger partial charge is 0.261 e. The van der Waals surface area contributed by atoms with Crippen molar-refractivity contribution in [1.29, 1.82) is 0 Å². The second-order valence-electron chi connectivity index (χ2n) is 7.04. The molecule has 138 valence electrons. The standard InChI is InChI=1S/C22H26ClNO2/c1-4-21(26-19-10-11-20(23)14(2)12-19)22(25)24-15(3)17-9-8-16-6-5-7-18(16)13-17/h8-13,15,21H,4-7H2,1-3H3,(H,24,25)/t15-,21+/m0/s1. The van der Waals surface area contributed by atoms with Crippen LogP contribution in [0.1, 0.15) is 55.0 Å². The van der Waals surface area contributed by atoms with Crippen molar-refractivity contribution in [2.45, 2.75) is 58.6 Å². The molecule has 3 rings (SSSR count). The third kappa shape index (κ3) is 4.21. The second-order valence-corrected chi connectivity index (χ2v) is 7.44. The summed E-state index contributed by atoms with van der Waals surface area (Å²) in [7, 11) is 0. The number of halogens is 1. The van der Waals surface area contributed by atoms with E-state index in [1.54, 1.807) is 12.1 Å². The summed E-state index contributed by atoms with van der Waals surface area (Å²) in [5, 5.41) is 3.79. The fraction of sp³-hybridized carbons (Fsp3) is 0.409. The van der Waals surface area contributed by atoms with E-state index in [0.717, 1.165) is 17.5 Å². The molecule has 0 fully saturated rings. The Morgan fingerprint density at radius 1 is 1.19 bits per heavy atom. The van der Waals surface area contributed by atoms with Gasteiger partial charge in [0.05, 0.1) is 6.04 Å². The van der Waals surface area contributed by atoms with E-state index in [0.29, 0.717) is 17.2 Å². The van der Waals surface area contributed by atoms with Crippen molar-refractivity contribution in [2.24, 2.45) is 0 Å². The molecule has 3 nitrogen and oxygen atoms in total. The van der Waals surface area contributed by atoms with Crippen LogP contribution >= 0.6 is 11.6 Å². The van der Waals surface area contributed by atoms with E-state index in [-0.39, 0.29) is 11.9 Å². The highest BCUT2D eigenvalue weighted by Gasteiger charge is 2.22. The summed E-state index contributed by atoms with van der Waals surface area (Å²) in [6.45, 7) is 5.90. The molecule has 1 aliphatic carbocycles. The van der Waals surface area contributed by atoms with Crippen LogP contribution in [-0.4, -0.2) is 12.0 Å². The van der Waals surface area contributed by atoms with Gasteiger partial charge in [0.15, 0.2) is 6.10 Å². The van der Waals surface area contributed by atoms with Crippen LogP contribution < -0.4 is 10.1 Å². The number of rotatable bonds is 6. The maximum absolute atomic E-state index is 12.7. The first-order valence-electron chi connectivity index (χ1n) is 9.32.